The molecule has 1 aromatic heterocycles. The van der Waals surface area contributed by atoms with Gasteiger partial charge in [-0.05, 0) is 44.2 Å². The zero-order valence-electron chi connectivity index (χ0n) is 12.0. The number of piperidine rings is 1. The van der Waals surface area contributed by atoms with Crippen molar-refractivity contribution in [2.45, 2.75) is 23.8 Å². The van der Waals surface area contributed by atoms with Crippen LogP contribution in [0.15, 0.2) is 41.4 Å². The van der Waals surface area contributed by atoms with Crippen molar-refractivity contribution in [1.82, 2.24) is 14.6 Å². The van der Waals surface area contributed by atoms with E-state index in [4.69, 9.17) is 0 Å². The minimum atomic E-state index is -3.43. The van der Waals surface area contributed by atoms with Gasteiger partial charge in [0.1, 0.15) is 0 Å². The van der Waals surface area contributed by atoms with Gasteiger partial charge in [0.15, 0.2) is 0 Å². The monoisotopic (exact) mass is 305 g/mol. The van der Waals surface area contributed by atoms with Gasteiger partial charge in [0.2, 0.25) is 10.0 Å². The Balaban J connectivity index is 1.95. The molecule has 3 rings (SSSR count). The molecule has 1 N–H and O–H groups in total. The van der Waals surface area contributed by atoms with Crippen LogP contribution in [0, 0.1) is 0 Å². The van der Waals surface area contributed by atoms with Gasteiger partial charge in [0.25, 0.3) is 0 Å². The van der Waals surface area contributed by atoms with Gasteiger partial charge in [0, 0.05) is 30.7 Å². The topological polar surface area (TPSA) is 62.3 Å². The van der Waals surface area contributed by atoms with E-state index >= 15 is 0 Å². The van der Waals surface area contributed by atoms with Crippen LogP contribution in [0.25, 0.3) is 10.9 Å². The second-order valence-corrected chi connectivity index (χ2v) is 7.29. The molecule has 1 aliphatic heterocycles. The highest BCUT2D eigenvalue weighted by Crippen LogP contribution is 2.23. The van der Waals surface area contributed by atoms with Gasteiger partial charge >= 0.3 is 0 Å². The maximum atomic E-state index is 12.8. The molecule has 0 bridgehead atoms. The zero-order chi connectivity index (χ0) is 14.9. The molecule has 21 heavy (non-hydrogen) atoms. The Bertz CT molecular complexity index is 745. The Morgan fingerprint density at radius 3 is 3.00 bits per heavy atom. The quantitative estimate of drug-likeness (QED) is 0.936. The first-order valence-corrected chi connectivity index (χ1v) is 8.57. The summed E-state index contributed by atoms with van der Waals surface area (Å²) in [4.78, 5) is 4.57. The molecule has 6 heteroatoms. The summed E-state index contributed by atoms with van der Waals surface area (Å²) in [5.41, 5.74) is 0.809. The smallest absolute Gasteiger partial charge is 0.243 e. The highest BCUT2D eigenvalue weighted by Gasteiger charge is 2.29. The summed E-state index contributed by atoms with van der Waals surface area (Å²) in [6.07, 6.45) is 3.61. The van der Waals surface area contributed by atoms with Crippen LogP contribution in [0.4, 0.5) is 0 Å². The van der Waals surface area contributed by atoms with Crippen molar-refractivity contribution in [2.75, 3.05) is 20.1 Å². The number of aromatic nitrogens is 1. The fourth-order valence-corrected chi connectivity index (χ4v) is 4.32. The molecule has 0 aliphatic carbocycles. The molecule has 0 radical (unpaired) electrons. The second-order valence-electron chi connectivity index (χ2n) is 5.35. The molecule has 5 nitrogen and oxygen atoms in total. The minimum absolute atomic E-state index is 0.232. The molecule has 1 saturated heterocycles. The molecule has 2 aromatic rings. The van der Waals surface area contributed by atoms with E-state index in [9.17, 15) is 8.42 Å². The van der Waals surface area contributed by atoms with Gasteiger partial charge in [-0.2, -0.15) is 4.31 Å². The van der Waals surface area contributed by atoms with Gasteiger partial charge in [-0.3, -0.25) is 4.98 Å². The predicted octanol–water partition coefficient (Wildman–Crippen LogP) is 1.61. The first kappa shape index (κ1) is 14.4. The van der Waals surface area contributed by atoms with E-state index in [2.05, 4.69) is 10.3 Å². The van der Waals surface area contributed by atoms with E-state index in [1.807, 2.05) is 19.2 Å². The highest BCUT2D eigenvalue weighted by molar-refractivity contribution is 7.89. The van der Waals surface area contributed by atoms with Crippen LogP contribution in [0.2, 0.25) is 0 Å². The summed E-state index contributed by atoms with van der Waals surface area (Å²) in [7, 11) is -1.55. The lowest BCUT2D eigenvalue weighted by Gasteiger charge is -2.31. The molecular formula is C15H19N3O2S. The van der Waals surface area contributed by atoms with Gasteiger partial charge in [-0.25, -0.2) is 8.42 Å². The fourth-order valence-electron chi connectivity index (χ4n) is 2.76. The fraction of sp³-hybridized carbons (Fsp3) is 0.400. The van der Waals surface area contributed by atoms with Gasteiger partial charge in [-0.1, -0.05) is 6.07 Å². The summed E-state index contributed by atoms with van der Waals surface area (Å²) in [5.74, 6) is 0. The number of nitrogens with one attached hydrogen (secondary N) is 1. The number of likely N-dealkylation sites (N-methyl/N-ethyl adjacent to an activating group) is 1. The summed E-state index contributed by atoms with van der Waals surface area (Å²) in [6.45, 7) is 1.12. The molecule has 1 aromatic carbocycles. The molecule has 0 amide bonds. The van der Waals surface area contributed by atoms with Crippen LogP contribution < -0.4 is 5.32 Å². The van der Waals surface area contributed by atoms with E-state index in [-0.39, 0.29) is 6.04 Å². The Labute approximate surface area is 125 Å². The van der Waals surface area contributed by atoms with Crippen molar-refractivity contribution < 1.29 is 8.42 Å². The largest absolute Gasteiger partial charge is 0.316 e. The van der Waals surface area contributed by atoms with Crippen molar-refractivity contribution >= 4 is 20.9 Å². The number of fused-ring (bicyclic) bond motifs is 1. The van der Waals surface area contributed by atoms with E-state index in [0.29, 0.717) is 18.0 Å². The molecule has 1 fully saturated rings. The third kappa shape index (κ3) is 2.79. The molecule has 112 valence electrons. The predicted molar refractivity (Wildman–Crippen MR) is 82.6 cm³/mol. The number of rotatable bonds is 3. The molecule has 0 saturated carbocycles. The van der Waals surface area contributed by atoms with E-state index < -0.39 is 10.0 Å². The van der Waals surface area contributed by atoms with Crippen LogP contribution in [0.3, 0.4) is 0 Å². The Kier molecular flexibility index (Phi) is 3.93. The molecular weight excluding hydrogens is 286 g/mol. The standard InChI is InChI=1S/C15H19N3O2S/c1-16-13-5-3-9-18(11-13)21(19,20)14-6-7-15-12(10-14)4-2-8-17-15/h2,4,6-8,10,13,16H,3,5,9,11H2,1H3. The van der Waals surface area contributed by atoms with Crippen molar-refractivity contribution in [2.24, 2.45) is 0 Å². The number of benzene rings is 1. The maximum Gasteiger partial charge on any atom is 0.243 e. The summed E-state index contributed by atoms with van der Waals surface area (Å²) in [5, 5.41) is 4.02. The van der Waals surface area contributed by atoms with Crippen molar-refractivity contribution in [3.8, 4) is 0 Å². The van der Waals surface area contributed by atoms with Crippen molar-refractivity contribution in [3.63, 3.8) is 0 Å². The first-order valence-electron chi connectivity index (χ1n) is 7.13. The first-order chi connectivity index (χ1) is 10.1. The Morgan fingerprint density at radius 2 is 2.19 bits per heavy atom. The Morgan fingerprint density at radius 1 is 1.33 bits per heavy atom. The minimum Gasteiger partial charge on any atom is -0.316 e. The summed E-state index contributed by atoms with van der Waals surface area (Å²) >= 11 is 0. The van der Waals surface area contributed by atoms with Crippen LogP contribution in [0.5, 0.6) is 0 Å². The van der Waals surface area contributed by atoms with Crippen LogP contribution in [-0.4, -0.2) is 43.9 Å². The summed E-state index contributed by atoms with van der Waals surface area (Å²) in [6, 6.07) is 9.05. The highest BCUT2D eigenvalue weighted by atomic mass is 32.2. The zero-order valence-corrected chi connectivity index (χ0v) is 12.8. The van der Waals surface area contributed by atoms with Gasteiger partial charge < -0.3 is 5.32 Å². The summed E-state index contributed by atoms with van der Waals surface area (Å²) < 4.78 is 27.1. The third-order valence-corrected chi connectivity index (χ3v) is 5.87. The lowest BCUT2D eigenvalue weighted by atomic mass is 10.1. The van der Waals surface area contributed by atoms with Gasteiger partial charge in [-0.15, -0.1) is 0 Å². The number of hydrogen-bond donors (Lipinski definition) is 1. The number of hydrogen-bond acceptors (Lipinski definition) is 4. The molecule has 1 unspecified atom stereocenters. The molecule has 1 aliphatic rings. The van der Waals surface area contributed by atoms with Crippen LogP contribution in [-0.2, 0) is 10.0 Å². The van der Waals surface area contributed by atoms with Crippen molar-refractivity contribution in [3.05, 3.63) is 36.5 Å². The SMILES string of the molecule is CNC1CCCN(S(=O)(=O)c2ccc3ncccc3c2)C1. The Hall–Kier alpha value is -1.50. The van der Waals surface area contributed by atoms with E-state index in [1.165, 1.54) is 0 Å². The molecule has 0 spiro atoms. The van der Waals surface area contributed by atoms with E-state index in [1.54, 1.807) is 28.7 Å². The van der Waals surface area contributed by atoms with Crippen LogP contribution >= 0.6 is 0 Å². The van der Waals surface area contributed by atoms with E-state index in [0.717, 1.165) is 23.7 Å². The van der Waals surface area contributed by atoms with Gasteiger partial charge in [0.05, 0.1) is 10.4 Å². The average Bonchev–Trinajstić information content (AvgIpc) is 2.54. The normalized spacial score (nSPS) is 20.7. The molecule has 1 atom stereocenters. The van der Waals surface area contributed by atoms with Crippen LogP contribution in [0.1, 0.15) is 12.8 Å². The molecule has 2 heterocycles. The number of pyridine rings is 1. The lowest BCUT2D eigenvalue weighted by molar-refractivity contribution is 0.293. The number of sulfonamides is 1. The number of nitrogens with zero attached hydrogens (tertiary/aromatic N) is 2. The third-order valence-electron chi connectivity index (χ3n) is 4.00. The second kappa shape index (κ2) is 5.71. The average molecular weight is 305 g/mol. The maximum absolute atomic E-state index is 12.8. The lowest BCUT2D eigenvalue weighted by Crippen LogP contribution is -2.46. The van der Waals surface area contributed by atoms with Crippen molar-refractivity contribution in [1.29, 1.82) is 0 Å².